The van der Waals surface area contributed by atoms with E-state index in [1.165, 1.54) is 14.2 Å². The van der Waals surface area contributed by atoms with Gasteiger partial charge in [-0.05, 0) is 106 Å². The Morgan fingerprint density at radius 1 is 0.911 bits per heavy atom. The molecule has 2 aromatic carbocycles. The van der Waals surface area contributed by atoms with Gasteiger partial charge in [-0.25, -0.2) is 0 Å². The number of carbonyl (C=O) groups is 1. The molecule has 0 spiro atoms. The number of phenolic OH excluding ortho intramolecular Hbond substituents is 1. The Morgan fingerprint density at radius 2 is 1.53 bits per heavy atom. The van der Waals surface area contributed by atoms with Gasteiger partial charge < -0.3 is 55.6 Å². The number of nitrogens with two attached hydrogens (primary N) is 1. The third-order valence-corrected chi connectivity index (χ3v) is 9.04. The van der Waals surface area contributed by atoms with Gasteiger partial charge in [0.25, 0.3) is 0 Å². The summed E-state index contributed by atoms with van der Waals surface area (Å²) in [7, 11) is 2.96. The average Bonchev–Trinajstić information content (AvgIpc) is 3.67. The first-order valence-corrected chi connectivity index (χ1v) is 16.1. The van der Waals surface area contributed by atoms with Crippen molar-refractivity contribution in [3.8, 4) is 28.7 Å². The average molecular weight is 629 g/mol. The SMILES string of the molecule is COc1cc([C@@H]2c3cc4c(cc3[C@@H](NC(=O)CCCCNCCCNCCCCN)[C@H]3COC(O)[C@H]23)OCO4)cc(OC)c1O. The van der Waals surface area contributed by atoms with Gasteiger partial charge in [-0.2, -0.15) is 0 Å². The molecule has 5 rings (SSSR count). The van der Waals surface area contributed by atoms with Crippen LogP contribution in [0.1, 0.15) is 67.2 Å². The molecule has 1 fully saturated rings. The van der Waals surface area contributed by atoms with Crippen molar-refractivity contribution in [1.29, 1.82) is 0 Å². The normalized spacial score (nSPS) is 23.0. The van der Waals surface area contributed by atoms with Gasteiger partial charge in [0.1, 0.15) is 0 Å². The highest BCUT2D eigenvalue weighted by molar-refractivity contribution is 5.77. The van der Waals surface area contributed by atoms with Gasteiger partial charge in [-0.1, -0.05) is 0 Å². The standard InChI is InChI=1S/C33H48N4O8/c1-41-26-14-20(15-27(42-2)32(26)39)29-21-16-24-25(45-19-44-24)17-22(21)31(23-18-43-33(40)30(23)29)37-28(38)8-3-5-10-35-12-7-13-36-11-6-4-9-34/h14-17,23,29-31,33,35-36,39-40H,3-13,18-19,34H2,1-2H3,(H,37,38)/t23-,29+,30-,31+,33?/m0/s1. The van der Waals surface area contributed by atoms with Gasteiger partial charge in [0, 0.05) is 24.2 Å². The maximum absolute atomic E-state index is 13.3. The summed E-state index contributed by atoms with van der Waals surface area (Å²) >= 11 is 0. The van der Waals surface area contributed by atoms with Crippen LogP contribution < -0.4 is 40.6 Å². The van der Waals surface area contributed by atoms with Gasteiger partial charge in [-0.3, -0.25) is 4.79 Å². The first kappa shape index (κ1) is 33.1. The molecule has 0 aromatic heterocycles. The summed E-state index contributed by atoms with van der Waals surface area (Å²) in [5.74, 6) is 0.632. The number of hydrogen-bond donors (Lipinski definition) is 6. The lowest BCUT2D eigenvalue weighted by Crippen LogP contribution is -2.43. The first-order chi connectivity index (χ1) is 22.0. The molecule has 0 saturated carbocycles. The highest BCUT2D eigenvalue weighted by Crippen LogP contribution is 2.56. The Balaban J connectivity index is 1.26. The number of benzene rings is 2. The molecule has 0 radical (unpaired) electrons. The van der Waals surface area contributed by atoms with E-state index in [-0.39, 0.29) is 54.3 Å². The van der Waals surface area contributed by atoms with Crippen molar-refractivity contribution in [1.82, 2.24) is 16.0 Å². The highest BCUT2D eigenvalue weighted by atomic mass is 16.7. The minimum Gasteiger partial charge on any atom is -0.502 e. The number of amides is 1. The zero-order valence-corrected chi connectivity index (χ0v) is 26.3. The van der Waals surface area contributed by atoms with Crippen LogP contribution in [0.4, 0.5) is 0 Å². The molecule has 5 atom stereocenters. The van der Waals surface area contributed by atoms with E-state index in [9.17, 15) is 15.0 Å². The summed E-state index contributed by atoms with van der Waals surface area (Å²) in [5, 5.41) is 31.9. The van der Waals surface area contributed by atoms with Crippen LogP contribution >= 0.6 is 0 Å². The van der Waals surface area contributed by atoms with Crippen molar-refractivity contribution in [3.05, 3.63) is 41.0 Å². The van der Waals surface area contributed by atoms with E-state index < -0.39 is 12.3 Å². The van der Waals surface area contributed by atoms with Crippen LogP contribution in [0.15, 0.2) is 24.3 Å². The Labute approximate surface area is 264 Å². The summed E-state index contributed by atoms with van der Waals surface area (Å²) in [6.45, 7) is 4.93. The molecule has 2 heterocycles. The molecular formula is C33H48N4O8. The Bertz CT molecular complexity index is 1270. The van der Waals surface area contributed by atoms with Crippen LogP contribution in [0.2, 0.25) is 0 Å². The van der Waals surface area contributed by atoms with Crippen LogP contribution in [0.3, 0.4) is 0 Å². The Morgan fingerprint density at radius 3 is 2.18 bits per heavy atom. The van der Waals surface area contributed by atoms with E-state index in [2.05, 4.69) is 16.0 Å². The second-order valence-electron chi connectivity index (χ2n) is 11.9. The number of aliphatic hydroxyl groups is 1. The predicted octanol–water partition coefficient (Wildman–Crippen LogP) is 2.50. The van der Waals surface area contributed by atoms with E-state index in [1.54, 1.807) is 12.1 Å². The second kappa shape index (κ2) is 15.8. The topological polar surface area (TPSA) is 166 Å². The number of ether oxygens (including phenoxy) is 5. The molecule has 1 saturated heterocycles. The Hall–Kier alpha value is -3.29. The van der Waals surface area contributed by atoms with E-state index in [0.717, 1.165) is 81.5 Å². The molecule has 2 aliphatic heterocycles. The fourth-order valence-electron chi connectivity index (χ4n) is 6.77. The quantitative estimate of drug-likeness (QED) is 0.143. The van der Waals surface area contributed by atoms with Gasteiger partial charge in [-0.15, -0.1) is 0 Å². The highest BCUT2D eigenvalue weighted by Gasteiger charge is 2.52. The number of carbonyl (C=O) groups excluding carboxylic acids is 1. The number of phenols is 1. The number of aliphatic hydroxyl groups excluding tert-OH is 1. The van der Waals surface area contributed by atoms with Gasteiger partial charge in [0.15, 0.2) is 29.3 Å². The summed E-state index contributed by atoms with van der Waals surface area (Å²) in [6.07, 6.45) is 4.23. The molecule has 0 bridgehead atoms. The number of nitrogens with one attached hydrogen (secondary N) is 3. The van der Waals surface area contributed by atoms with Crippen LogP contribution in [-0.2, 0) is 9.53 Å². The summed E-state index contributed by atoms with van der Waals surface area (Å²) in [5.41, 5.74) is 8.07. The first-order valence-electron chi connectivity index (χ1n) is 16.1. The van der Waals surface area contributed by atoms with E-state index >= 15 is 0 Å². The maximum Gasteiger partial charge on any atom is 0.231 e. The van der Waals surface area contributed by atoms with Crippen molar-refractivity contribution in [2.45, 2.75) is 56.8 Å². The zero-order valence-electron chi connectivity index (χ0n) is 26.3. The van der Waals surface area contributed by atoms with Gasteiger partial charge >= 0.3 is 0 Å². The number of fused-ring (bicyclic) bond motifs is 3. The van der Waals surface area contributed by atoms with Crippen LogP contribution in [0, 0.1) is 11.8 Å². The fraction of sp³-hybridized carbons (Fsp3) is 0.606. The molecule has 12 heteroatoms. The van der Waals surface area contributed by atoms with Crippen molar-refractivity contribution in [2.75, 3.05) is 60.3 Å². The van der Waals surface area contributed by atoms with Crippen molar-refractivity contribution < 1.29 is 38.7 Å². The van der Waals surface area contributed by atoms with E-state index in [4.69, 9.17) is 29.4 Å². The van der Waals surface area contributed by atoms with E-state index in [1.807, 2.05) is 12.1 Å². The molecular weight excluding hydrogens is 580 g/mol. The molecule has 3 aliphatic rings. The van der Waals surface area contributed by atoms with Gasteiger partial charge in [0.05, 0.1) is 26.9 Å². The smallest absolute Gasteiger partial charge is 0.231 e. The molecule has 12 nitrogen and oxygen atoms in total. The zero-order chi connectivity index (χ0) is 31.8. The predicted molar refractivity (Wildman–Crippen MR) is 168 cm³/mol. The van der Waals surface area contributed by atoms with Crippen molar-refractivity contribution in [2.24, 2.45) is 17.6 Å². The van der Waals surface area contributed by atoms with E-state index in [0.29, 0.717) is 17.9 Å². The minimum atomic E-state index is -1.06. The summed E-state index contributed by atoms with van der Waals surface area (Å²) < 4.78 is 28.2. The Kier molecular flexibility index (Phi) is 11.6. The summed E-state index contributed by atoms with van der Waals surface area (Å²) in [4.78, 5) is 13.3. The van der Waals surface area contributed by atoms with Crippen molar-refractivity contribution in [3.63, 3.8) is 0 Å². The lowest BCUT2D eigenvalue weighted by Gasteiger charge is -2.41. The largest absolute Gasteiger partial charge is 0.502 e. The maximum atomic E-state index is 13.3. The molecule has 1 amide bonds. The molecule has 248 valence electrons. The minimum absolute atomic E-state index is 0.0446. The van der Waals surface area contributed by atoms with Crippen LogP contribution in [-0.4, -0.2) is 82.8 Å². The molecule has 1 unspecified atom stereocenters. The monoisotopic (exact) mass is 628 g/mol. The lowest BCUT2D eigenvalue weighted by molar-refractivity contribution is -0.122. The summed E-state index contributed by atoms with van der Waals surface area (Å²) in [6, 6.07) is 6.98. The molecule has 2 aromatic rings. The third kappa shape index (κ3) is 7.58. The third-order valence-electron chi connectivity index (χ3n) is 9.04. The number of unbranched alkanes of at least 4 members (excludes halogenated alkanes) is 2. The number of rotatable bonds is 17. The van der Waals surface area contributed by atoms with Crippen molar-refractivity contribution >= 4 is 5.91 Å². The van der Waals surface area contributed by atoms with Gasteiger partial charge in [0.2, 0.25) is 18.4 Å². The van der Waals surface area contributed by atoms with Crippen LogP contribution in [0.25, 0.3) is 0 Å². The number of hydrogen-bond acceptors (Lipinski definition) is 11. The molecule has 7 N–H and O–H groups in total. The lowest BCUT2D eigenvalue weighted by atomic mass is 9.65. The number of methoxy groups -OCH3 is 2. The number of aromatic hydroxyl groups is 1. The second-order valence-corrected chi connectivity index (χ2v) is 11.9. The fourth-order valence-corrected chi connectivity index (χ4v) is 6.77. The molecule has 1 aliphatic carbocycles. The van der Waals surface area contributed by atoms with Crippen LogP contribution in [0.5, 0.6) is 28.7 Å². The molecule has 45 heavy (non-hydrogen) atoms.